The van der Waals surface area contributed by atoms with E-state index in [4.69, 9.17) is 15.9 Å². The molecule has 0 aliphatic carbocycles. The van der Waals surface area contributed by atoms with E-state index in [9.17, 15) is 39.0 Å². The molecule has 3 amide bonds. The minimum Gasteiger partial charge on any atom is -0.481 e. The molecule has 31 heavy (non-hydrogen) atoms. The number of nitrogens with two attached hydrogens (primary N) is 1. The fourth-order valence-electron chi connectivity index (χ4n) is 3.01. The SMILES string of the molecule is CC(O)C(N)C(=O)NC(CC(=O)O)C(=O)NC(CC(=O)O)C(=O)N1CCCC1C(=O)O. The Balaban J connectivity index is 3.03. The van der Waals surface area contributed by atoms with Crippen LogP contribution >= 0.6 is 0 Å². The number of aliphatic carboxylic acids is 3. The lowest BCUT2D eigenvalue weighted by molar-refractivity contribution is -0.151. The van der Waals surface area contributed by atoms with Crippen LogP contribution in [0.5, 0.6) is 0 Å². The number of amides is 3. The smallest absolute Gasteiger partial charge is 0.326 e. The van der Waals surface area contributed by atoms with Crippen LogP contribution in [0.25, 0.3) is 0 Å². The molecule has 8 N–H and O–H groups in total. The van der Waals surface area contributed by atoms with Crippen LogP contribution in [0.3, 0.4) is 0 Å². The number of aliphatic hydroxyl groups is 1. The highest BCUT2D eigenvalue weighted by atomic mass is 16.4. The van der Waals surface area contributed by atoms with Gasteiger partial charge in [0.2, 0.25) is 17.7 Å². The van der Waals surface area contributed by atoms with Crippen LogP contribution in [0.4, 0.5) is 0 Å². The van der Waals surface area contributed by atoms with E-state index >= 15 is 0 Å². The van der Waals surface area contributed by atoms with E-state index in [1.54, 1.807) is 0 Å². The van der Waals surface area contributed by atoms with Crippen LogP contribution < -0.4 is 16.4 Å². The normalized spacial score (nSPS) is 19.6. The van der Waals surface area contributed by atoms with Crippen molar-refractivity contribution >= 4 is 35.6 Å². The number of carbonyl (C=O) groups is 6. The Hall–Kier alpha value is -3.26. The fourth-order valence-corrected chi connectivity index (χ4v) is 3.01. The topological polar surface area (TPSA) is 237 Å². The molecule has 0 aromatic rings. The highest BCUT2D eigenvalue weighted by Crippen LogP contribution is 2.19. The van der Waals surface area contributed by atoms with Gasteiger partial charge in [-0.05, 0) is 19.8 Å². The first-order valence-corrected chi connectivity index (χ1v) is 9.36. The Kier molecular flexibility index (Phi) is 9.33. The van der Waals surface area contributed by atoms with Crippen molar-refractivity contribution in [2.75, 3.05) is 6.54 Å². The molecule has 1 fully saturated rings. The highest BCUT2D eigenvalue weighted by molar-refractivity contribution is 5.97. The number of hydrogen-bond donors (Lipinski definition) is 7. The summed E-state index contributed by atoms with van der Waals surface area (Å²) < 4.78 is 0. The zero-order chi connectivity index (χ0) is 23.9. The molecular formula is C17H26N4O10. The van der Waals surface area contributed by atoms with Crippen LogP contribution in [0.15, 0.2) is 0 Å². The maximum absolute atomic E-state index is 12.7. The minimum atomic E-state index is -1.73. The molecule has 174 valence electrons. The molecule has 1 aliphatic rings. The molecule has 0 aromatic carbocycles. The largest absolute Gasteiger partial charge is 0.481 e. The third-order valence-corrected chi connectivity index (χ3v) is 4.65. The average molecular weight is 446 g/mol. The number of carboxylic acids is 3. The monoisotopic (exact) mass is 446 g/mol. The number of carboxylic acid groups (broad SMARTS) is 3. The Morgan fingerprint density at radius 3 is 1.97 bits per heavy atom. The van der Waals surface area contributed by atoms with Gasteiger partial charge in [0.25, 0.3) is 0 Å². The number of likely N-dealkylation sites (tertiary alicyclic amines) is 1. The minimum absolute atomic E-state index is 0.0420. The van der Waals surface area contributed by atoms with Crippen molar-refractivity contribution in [3.8, 4) is 0 Å². The molecular weight excluding hydrogens is 420 g/mol. The summed E-state index contributed by atoms with van der Waals surface area (Å²) in [6.07, 6.45) is -2.60. The number of hydrogen-bond acceptors (Lipinski definition) is 8. The molecule has 0 aromatic heterocycles. The van der Waals surface area contributed by atoms with Crippen LogP contribution in [0.1, 0.15) is 32.6 Å². The van der Waals surface area contributed by atoms with Crippen molar-refractivity contribution in [1.29, 1.82) is 0 Å². The van der Waals surface area contributed by atoms with Gasteiger partial charge in [0.05, 0.1) is 18.9 Å². The summed E-state index contributed by atoms with van der Waals surface area (Å²) in [7, 11) is 0. The van der Waals surface area contributed by atoms with Gasteiger partial charge >= 0.3 is 17.9 Å². The van der Waals surface area contributed by atoms with Crippen LogP contribution in [-0.2, 0) is 28.8 Å². The van der Waals surface area contributed by atoms with Crippen LogP contribution in [-0.4, -0.2) is 97.8 Å². The van der Waals surface area contributed by atoms with E-state index < -0.39 is 78.7 Å². The van der Waals surface area contributed by atoms with E-state index in [-0.39, 0.29) is 13.0 Å². The van der Waals surface area contributed by atoms with Gasteiger partial charge in [0.15, 0.2) is 0 Å². The van der Waals surface area contributed by atoms with Crippen molar-refractivity contribution in [3.63, 3.8) is 0 Å². The summed E-state index contributed by atoms with van der Waals surface area (Å²) in [5, 5.41) is 40.8. The van der Waals surface area contributed by atoms with Gasteiger partial charge in [-0.3, -0.25) is 24.0 Å². The first-order chi connectivity index (χ1) is 14.3. The lowest BCUT2D eigenvalue weighted by Gasteiger charge is -2.28. The van der Waals surface area contributed by atoms with Gasteiger partial charge in [0.1, 0.15) is 24.2 Å². The summed E-state index contributed by atoms with van der Waals surface area (Å²) in [5.74, 6) is -7.42. The second-order valence-corrected chi connectivity index (χ2v) is 7.11. The van der Waals surface area contributed by atoms with Gasteiger partial charge < -0.3 is 41.7 Å². The number of rotatable bonds is 11. The molecule has 1 aliphatic heterocycles. The van der Waals surface area contributed by atoms with Gasteiger partial charge in [-0.15, -0.1) is 0 Å². The van der Waals surface area contributed by atoms with E-state index in [2.05, 4.69) is 5.32 Å². The van der Waals surface area contributed by atoms with Gasteiger partial charge in [-0.2, -0.15) is 0 Å². The molecule has 1 saturated heterocycles. The molecule has 0 bridgehead atoms. The molecule has 0 spiro atoms. The number of aliphatic hydroxyl groups excluding tert-OH is 1. The fraction of sp³-hybridized carbons (Fsp3) is 0.647. The molecule has 0 radical (unpaired) electrons. The van der Waals surface area contributed by atoms with Gasteiger partial charge in [-0.25, -0.2) is 4.79 Å². The lowest BCUT2D eigenvalue weighted by Crippen LogP contribution is -2.58. The summed E-state index contributed by atoms with van der Waals surface area (Å²) in [4.78, 5) is 71.8. The van der Waals surface area contributed by atoms with Crippen LogP contribution in [0.2, 0.25) is 0 Å². The Morgan fingerprint density at radius 2 is 1.48 bits per heavy atom. The Bertz CT molecular complexity index is 740. The van der Waals surface area contributed by atoms with Gasteiger partial charge in [0, 0.05) is 6.54 Å². The Labute approximate surface area is 176 Å². The molecule has 14 nitrogen and oxygen atoms in total. The van der Waals surface area contributed by atoms with Crippen molar-refractivity contribution in [1.82, 2.24) is 15.5 Å². The lowest BCUT2D eigenvalue weighted by atomic mass is 10.1. The van der Waals surface area contributed by atoms with Gasteiger partial charge in [-0.1, -0.05) is 0 Å². The first kappa shape index (κ1) is 25.8. The molecule has 5 atom stereocenters. The third kappa shape index (κ3) is 7.49. The standard InChI is InChI=1S/C17H26N4O10/c1-7(22)13(18)15(28)19-8(5-11(23)24)14(27)20-9(6-12(25)26)16(29)21-4-2-3-10(21)17(30)31/h7-10,13,22H,2-6,18H2,1H3,(H,19,28)(H,20,27)(H,23,24)(H,25,26)(H,30,31). The zero-order valence-electron chi connectivity index (χ0n) is 16.7. The summed E-state index contributed by atoms with van der Waals surface area (Å²) in [6, 6.07) is -6.07. The molecule has 5 unspecified atom stereocenters. The maximum Gasteiger partial charge on any atom is 0.326 e. The molecule has 1 heterocycles. The quantitative estimate of drug-likeness (QED) is 0.166. The Morgan fingerprint density at radius 1 is 0.968 bits per heavy atom. The summed E-state index contributed by atoms with van der Waals surface area (Å²) in [5.41, 5.74) is 5.45. The first-order valence-electron chi connectivity index (χ1n) is 9.36. The molecule has 14 heteroatoms. The van der Waals surface area contributed by atoms with Crippen molar-refractivity contribution in [2.24, 2.45) is 5.73 Å². The second kappa shape index (κ2) is 11.2. The van der Waals surface area contributed by atoms with E-state index in [0.717, 1.165) is 4.90 Å². The zero-order valence-corrected chi connectivity index (χ0v) is 16.7. The predicted molar refractivity (Wildman–Crippen MR) is 100 cm³/mol. The maximum atomic E-state index is 12.7. The summed E-state index contributed by atoms with van der Waals surface area (Å²) >= 11 is 0. The number of nitrogens with zero attached hydrogens (tertiary/aromatic N) is 1. The molecule has 0 saturated carbocycles. The third-order valence-electron chi connectivity index (χ3n) is 4.65. The highest BCUT2D eigenvalue weighted by Gasteiger charge is 2.39. The van der Waals surface area contributed by atoms with E-state index in [1.165, 1.54) is 6.92 Å². The van der Waals surface area contributed by atoms with E-state index in [0.29, 0.717) is 6.42 Å². The predicted octanol–water partition coefficient (Wildman–Crippen LogP) is -3.31. The number of carbonyl (C=O) groups excluding carboxylic acids is 3. The number of nitrogens with one attached hydrogen (secondary N) is 2. The van der Waals surface area contributed by atoms with Crippen molar-refractivity contribution < 1.29 is 49.2 Å². The van der Waals surface area contributed by atoms with Crippen LogP contribution in [0, 0.1) is 0 Å². The molecule has 1 rings (SSSR count). The average Bonchev–Trinajstić information content (AvgIpc) is 3.14. The second-order valence-electron chi connectivity index (χ2n) is 7.11. The van der Waals surface area contributed by atoms with E-state index in [1.807, 2.05) is 5.32 Å². The summed E-state index contributed by atoms with van der Waals surface area (Å²) in [6.45, 7) is 1.24. The van der Waals surface area contributed by atoms with Crippen molar-refractivity contribution in [3.05, 3.63) is 0 Å². The van der Waals surface area contributed by atoms with Crippen molar-refractivity contribution in [2.45, 2.75) is 62.9 Å².